The van der Waals surface area contributed by atoms with E-state index in [2.05, 4.69) is 5.32 Å². The zero-order valence-electron chi connectivity index (χ0n) is 15.2. The van der Waals surface area contributed by atoms with Crippen molar-refractivity contribution in [1.29, 1.82) is 0 Å². The second-order valence-electron chi connectivity index (χ2n) is 5.49. The van der Waals surface area contributed by atoms with Gasteiger partial charge < -0.3 is 19.5 Å². The summed E-state index contributed by atoms with van der Waals surface area (Å²) in [5.41, 5.74) is 1.11. The normalized spacial score (nSPS) is 11.7. The molecule has 7 heteroatoms. The van der Waals surface area contributed by atoms with Crippen molar-refractivity contribution >= 4 is 35.2 Å². The van der Waals surface area contributed by atoms with Crippen LogP contribution in [0.5, 0.6) is 11.5 Å². The Labute approximate surface area is 162 Å². The lowest BCUT2D eigenvalue weighted by Crippen LogP contribution is -2.29. The van der Waals surface area contributed by atoms with E-state index >= 15 is 0 Å². The number of halogens is 1. The summed E-state index contributed by atoms with van der Waals surface area (Å²) in [6.07, 6.45) is 1.79. The molecular formula is C20H20ClNO5. The Kier molecular flexibility index (Phi) is 7.25. The third-order valence-electron chi connectivity index (χ3n) is 3.62. The van der Waals surface area contributed by atoms with Crippen LogP contribution in [-0.4, -0.2) is 32.2 Å². The van der Waals surface area contributed by atoms with Crippen LogP contribution in [0.1, 0.15) is 12.5 Å². The van der Waals surface area contributed by atoms with Crippen molar-refractivity contribution in [2.24, 2.45) is 0 Å². The number of hydrogen-bond donors (Lipinski definition) is 1. The summed E-state index contributed by atoms with van der Waals surface area (Å²) < 4.78 is 15.5. The molecular weight excluding hydrogens is 370 g/mol. The van der Waals surface area contributed by atoms with Gasteiger partial charge in [0.25, 0.3) is 5.91 Å². The number of nitrogens with one attached hydrogen (secondary N) is 1. The summed E-state index contributed by atoms with van der Waals surface area (Å²) >= 11 is 5.93. The summed E-state index contributed by atoms with van der Waals surface area (Å²) in [4.78, 5) is 24.3. The molecule has 1 amide bonds. The molecule has 6 nitrogen and oxygen atoms in total. The Morgan fingerprint density at radius 3 is 2.48 bits per heavy atom. The molecule has 0 heterocycles. The number of rotatable bonds is 7. The fourth-order valence-corrected chi connectivity index (χ4v) is 2.41. The molecule has 0 radical (unpaired) electrons. The number of benzene rings is 2. The van der Waals surface area contributed by atoms with Crippen molar-refractivity contribution in [3.8, 4) is 11.5 Å². The average Bonchev–Trinajstić information content (AvgIpc) is 2.66. The third-order valence-corrected chi connectivity index (χ3v) is 3.85. The van der Waals surface area contributed by atoms with E-state index in [9.17, 15) is 9.59 Å². The van der Waals surface area contributed by atoms with Gasteiger partial charge in [0.1, 0.15) is 11.5 Å². The Morgan fingerprint density at radius 2 is 1.78 bits per heavy atom. The van der Waals surface area contributed by atoms with Crippen LogP contribution in [0.25, 0.3) is 6.08 Å². The molecule has 0 saturated heterocycles. The molecule has 0 spiro atoms. The van der Waals surface area contributed by atoms with E-state index in [0.29, 0.717) is 22.2 Å². The number of hydrogen-bond acceptors (Lipinski definition) is 5. The number of methoxy groups -OCH3 is 2. The largest absolute Gasteiger partial charge is 0.496 e. The highest BCUT2D eigenvalue weighted by molar-refractivity contribution is 6.31. The molecule has 0 saturated carbocycles. The maximum Gasteiger partial charge on any atom is 0.331 e. The summed E-state index contributed by atoms with van der Waals surface area (Å²) in [6, 6.07) is 12.0. The predicted molar refractivity (Wildman–Crippen MR) is 104 cm³/mol. The van der Waals surface area contributed by atoms with Gasteiger partial charge in [-0.05, 0) is 37.3 Å². The van der Waals surface area contributed by atoms with Crippen LogP contribution >= 0.6 is 11.6 Å². The van der Waals surface area contributed by atoms with Crippen LogP contribution in [0.2, 0.25) is 5.02 Å². The van der Waals surface area contributed by atoms with E-state index < -0.39 is 18.0 Å². The van der Waals surface area contributed by atoms with Crippen molar-refractivity contribution < 1.29 is 23.8 Å². The lowest BCUT2D eigenvalue weighted by molar-refractivity contribution is -0.148. The molecule has 0 aliphatic carbocycles. The van der Waals surface area contributed by atoms with Crippen LogP contribution in [0.3, 0.4) is 0 Å². The highest BCUT2D eigenvalue weighted by Gasteiger charge is 2.18. The molecule has 142 valence electrons. The van der Waals surface area contributed by atoms with Gasteiger partial charge in [-0.2, -0.15) is 0 Å². The van der Waals surface area contributed by atoms with E-state index in [1.54, 1.807) is 43.5 Å². The zero-order chi connectivity index (χ0) is 19.8. The third kappa shape index (κ3) is 5.76. The highest BCUT2D eigenvalue weighted by Crippen LogP contribution is 2.27. The van der Waals surface area contributed by atoms with Crippen LogP contribution in [-0.2, 0) is 14.3 Å². The van der Waals surface area contributed by atoms with Crippen molar-refractivity contribution in [3.63, 3.8) is 0 Å². The molecule has 2 aromatic carbocycles. The van der Waals surface area contributed by atoms with Crippen LogP contribution in [0.4, 0.5) is 5.69 Å². The van der Waals surface area contributed by atoms with Gasteiger partial charge in [0.15, 0.2) is 6.10 Å². The Bertz CT molecular complexity index is 850. The van der Waals surface area contributed by atoms with Crippen LogP contribution in [0.15, 0.2) is 48.5 Å². The van der Waals surface area contributed by atoms with Crippen molar-refractivity contribution in [1.82, 2.24) is 0 Å². The lowest BCUT2D eigenvalue weighted by atomic mass is 10.2. The van der Waals surface area contributed by atoms with Gasteiger partial charge in [-0.3, -0.25) is 4.79 Å². The smallest absolute Gasteiger partial charge is 0.331 e. The fraction of sp³-hybridized carbons (Fsp3) is 0.200. The van der Waals surface area contributed by atoms with Gasteiger partial charge in [0.05, 0.1) is 19.9 Å². The monoisotopic (exact) mass is 389 g/mol. The van der Waals surface area contributed by atoms with E-state index in [-0.39, 0.29) is 0 Å². The molecule has 27 heavy (non-hydrogen) atoms. The molecule has 1 atom stereocenters. The Balaban J connectivity index is 1.98. The molecule has 0 unspecified atom stereocenters. The maximum absolute atomic E-state index is 12.3. The Morgan fingerprint density at radius 1 is 1.07 bits per heavy atom. The van der Waals surface area contributed by atoms with Crippen molar-refractivity contribution in [2.45, 2.75) is 13.0 Å². The molecule has 0 bridgehead atoms. The first-order valence-electron chi connectivity index (χ1n) is 8.10. The first kappa shape index (κ1) is 20.3. The first-order valence-corrected chi connectivity index (χ1v) is 8.48. The molecule has 2 rings (SSSR count). The van der Waals surface area contributed by atoms with E-state index in [4.69, 9.17) is 25.8 Å². The summed E-state index contributed by atoms with van der Waals surface area (Å²) in [6.45, 7) is 1.47. The lowest BCUT2D eigenvalue weighted by Gasteiger charge is -2.14. The second kappa shape index (κ2) is 9.64. The number of carbonyl (C=O) groups is 2. The standard InChI is InChI=1S/C20H20ClNO5/c1-13(20(24)22-16-12-15(21)9-10-18(16)26-3)27-19(23)11-8-14-6-4-5-7-17(14)25-2/h4-13H,1-3H3,(H,22,24)/b11-8+/t13-/m0/s1. The Hall–Kier alpha value is -2.99. The molecule has 0 aromatic heterocycles. The summed E-state index contributed by atoms with van der Waals surface area (Å²) in [5.74, 6) is -0.0843. The van der Waals surface area contributed by atoms with Crippen molar-refractivity contribution in [2.75, 3.05) is 19.5 Å². The number of esters is 1. The van der Waals surface area contributed by atoms with Gasteiger partial charge in [-0.25, -0.2) is 4.79 Å². The minimum absolute atomic E-state index is 0.391. The minimum atomic E-state index is -1.01. The number of amides is 1. The van der Waals surface area contributed by atoms with Gasteiger partial charge >= 0.3 is 5.97 Å². The zero-order valence-corrected chi connectivity index (χ0v) is 15.9. The molecule has 0 aliphatic rings. The van der Waals surface area contributed by atoms with E-state index in [1.807, 2.05) is 12.1 Å². The van der Waals surface area contributed by atoms with Gasteiger partial charge in [-0.1, -0.05) is 29.8 Å². The predicted octanol–water partition coefficient (Wildman–Crippen LogP) is 3.94. The SMILES string of the molecule is COc1ccccc1/C=C/C(=O)O[C@@H](C)C(=O)Nc1cc(Cl)ccc1OC. The maximum atomic E-state index is 12.3. The molecule has 0 aliphatic heterocycles. The quantitative estimate of drug-likeness (QED) is 0.573. The average molecular weight is 390 g/mol. The van der Waals surface area contributed by atoms with Gasteiger partial charge in [-0.15, -0.1) is 0 Å². The fourth-order valence-electron chi connectivity index (χ4n) is 2.24. The molecule has 2 aromatic rings. The van der Waals surface area contributed by atoms with Crippen LogP contribution in [0, 0.1) is 0 Å². The molecule has 1 N–H and O–H groups in total. The van der Waals surface area contributed by atoms with Crippen molar-refractivity contribution in [3.05, 3.63) is 59.1 Å². The number of carbonyl (C=O) groups excluding carboxylic acids is 2. The van der Waals surface area contributed by atoms with E-state index in [1.165, 1.54) is 20.1 Å². The first-order chi connectivity index (χ1) is 12.9. The van der Waals surface area contributed by atoms with Crippen LogP contribution < -0.4 is 14.8 Å². The highest BCUT2D eigenvalue weighted by atomic mass is 35.5. The number of ether oxygens (including phenoxy) is 3. The minimum Gasteiger partial charge on any atom is -0.496 e. The summed E-state index contributed by atoms with van der Waals surface area (Å²) in [7, 11) is 3.02. The molecule has 0 fully saturated rings. The second-order valence-corrected chi connectivity index (χ2v) is 5.92. The topological polar surface area (TPSA) is 73.9 Å². The number of anilines is 1. The van der Waals surface area contributed by atoms with Gasteiger partial charge in [0.2, 0.25) is 0 Å². The summed E-state index contributed by atoms with van der Waals surface area (Å²) in [5, 5.41) is 3.07. The van der Waals surface area contributed by atoms with Gasteiger partial charge in [0, 0.05) is 16.7 Å². The van der Waals surface area contributed by atoms with E-state index in [0.717, 1.165) is 5.56 Å². The number of para-hydroxylation sites is 1.